The number of carbonyl (C=O) groups is 2. The van der Waals surface area contributed by atoms with Crippen molar-refractivity contribution in [3.63, 3.8) is 0 Å². The van der Waals surface area contributed by atoms with E-state index in [0.29, 0.717) is 13.0 Å². The van der Waals surface area contributed by atoms with Gasteiger partial charge < -0.3 is 15.3 Å². The Bertz CT molecular complexity index is 490. The highest BCUT2D eigenvalue weighted by Crippen LogP contribution is 2.20. The van der Waals surface area contributed by atoms with Gasteiger partial charge in [-0.05, 0) is 31.2 Å². The predicted molar refractivity (Wildman–Crippen MR) is 80.0 cm³/mol. The monoisotopic (exact) mass is 290 g/mol. The van der Waals surface area contributed by atoms with Crippen LogP contribution >= 0.6 is 0 Å². The molecule has 0 saturated carbocycles. The first-order valence-electron chi connectivity index (χ1n) is 7.48. The lowest BCUT2D eigenvalue weighted by molar-refractivity contribution is -0.143. The summed E-state index contributed by atoms with van der Waals surface area (Å²) in [5.74, 6) is -0.919. The van der Waals surface area contributed by atoms with Gasteiger partial charge in [-0.2, -0.15) is 0 Å². The van der Waals surface area contributed by atoms with Gasteiger partial charge in [-0.1, -0.05) is 37.3 Å². The molecule has 2 amide bonds. The summed E-state index contributed by atoms with van der Waals surface area (Å²) in [6.07, 6.45) is 3.02. The fourth-order valence-electron chi connectivity index (χ4n) is 2.77. The quantitative estimate of drug-likeness (QED) is 0.896. The highest BCUT2D eigenvalue weighted by molar-refractivity contribution is 5.83. The molecule has 0 aliphatic carbocycles. The number of benzene rings is 1. The molecule has 21 heavy (non-hydrogen) atoms. The molecule has 114 valence electrons. The van der Waals surface area contributed by atoms with E-state index in [2.05, 4.69) is 5.32 Å². The number of aliphatic carboxylic acids is 1. The molecule has 1 aromatic carbocycles. The molecule has 0 spiro atoms. The molecule has 2 rings (SSSR count). The first kappa shape index (κ1) is 15.4. The maximum absolute atomic E-state index is 12.4. The molecule has 1 aromatic rings. The van der Waals surface area contributed by atoms with Crippen LogP contribution in [0.4, 0.5) is 4.79 Å². The summed E-state index contributed by atoms with van der Waals surface area (Å²) in [6, 6.07) is 8.68. The highest BCUT2D eigenvalue weighted by Gasteiger charge is 2.32. The number of likely N-dealkylation sites (tertiary alicyclic amines) is 1. The van der Waals surface area contributed by atoms with Crippen molar-refractivity contribution >= 4 is 12.0 Å². The molecule has 0 radical (unpaired) electrons. The van der Waals surface area contributed by atoms with Crippen LogP contribution in [0, 0.1) is 0 Å². The number of carboxylic acids is 1. The van der Waals surface area contributed by atoms with Crippen molar-refractivity contribution in [3.8, 4) is 0 Å². The summed E-state index contributed by atoms with van der Waals surface area (Å²) >= 11 is 0. The Hall–Kier alpha value is -2.04. The Morgan fingerprint density at radius 1 is 1.33 bits per heavy atom. The Morgan fingerprint density at radius 2 is 2.05 bits per heavy atom. The van der Waals surface area contributed by atoms with Gasteiger partial charge in [0.1, 0.15) is 6.04 Å². The van der Waals surface area contributed by atoms with E-state index < -0.39 is 12.0 Å². The van der Waals surface area contributed by atoms with Gasteiger partial charge in [0.05, 0.1) is 6.04 Å². The molecule has 1 aliphatic rings. The van der Waals surface area contributed by atoms with Gasteiger partial charge in [0.25, 0.3) is 0 Å². The van der Waals surface area contributed by atoms with E-state index in [-0.39, 0.29) is 12.1 Å². The van der Waals surface area contributed by atoms with Crippen molar-refractivity contribution in [2.24, 2.45) is 0 Å². The van der Waals surface area contributed by atoms with Crippen molar-refractivity contribution in [1.82, 2.24) is 10.2 Å². The molecule has 1 fully saturated rings. The fourth-order valence-corrected chi connectivity index (χ4v) is 2.77. The minimum atomic E-state index is -0.919. The van der Waals surface area contributed by atoms with Crippen molar-refractivity contribution in [2.45, 2.75) is 44.7 Å². The van der Waals surface area contributed by atoms with Crippen molar-refractivity contribution in [2.75, 3.05) is 6.54 Å². The maximum atomic E-state index is 12.4. The summed E-state index contributed by atoms with van der Waals surface area (Å²) in [6.45, 7) is 2.51. The van der Waals surface area contributed by atoms with E-state index in [1.54, 1.807) is 0 Å². The van der Waals surface area contributed by atoms with E-state index in [0.717, 1.165) is 24.8 Å². The second-order valence-electron chi connectivity index (χ2n) is 5.36. The lowest BCUT2D eigenvalue weighted by atomic mass is 10.0. The van der Waals surface area contributed by atoms with Gasteiger partial charge in [0.15, 0.2) is 0 Å². The third-order valence-corrected chi connectivity index (χ3v) is 3.96. The van der Waals surface area contributed by atoms with Crippen LogP contribution < -0.4 is 5.32 Å². The average molecular weight is 290 g/mol. The van der Waals surface area contributed by atoms with Crippen LogP contribution in [0.3, 0.4) is 0 Å². The smallest absolute Gasteiger partial charge is 0.326 e. The third kappa shape index (κ3) is 3.74. The number of piperidine rings is 1. The molecule has 2 N–H and O–H groups in total. The number of hydrogen-bond acceptors (Lipinski definition) is 2. The summed E-state index contributed by atoms with van der Waals surface area (Å²) in [4.78, 5) is 25.1. The van der Waals surface area contributed by atoms with Crippen LogP contribution in [0.2, 0.25) is 0 Å². The Balaban J connectivity index is 2.06. The second kappa shape index (κ2) is 7.11. The van der Waals surface area contributed by atoms with E-state index in [1.165, 1.54) is 4.90 Å². The van der Waals surface area contributed by atoms with Crippen LogP contribution in [0.5, 0.6) is 0 Å². The lowest BCUT2D eigenvalue weighted by Crippen LogP contribution is -2.52. The molecule has 0 bridgehead atoms. The molecular weight excluding hydrogens is 268 g/mol. The normalized spacial score (nSPS) is 19.9. The number of carbonyl (C=O) groups excluding carboxylic acids is 1. The second-order valence-corrected chi connectivity index (χ2v) is 5.36. The number of nitrogens with one attached hydrogen (secondary N) is 1. The average Bonchev–Trinajstić information content (AvgIpc) is 2.53. The van der Waals surface area contributed by atoms with Gasteiger partial charge in [0, 0.05) is 6.54 Å². The molecular formula is C16H22N2O3. The topological polar surface area (TPSA) is 69.6 Å². The Kier molecular flexibility index (Phi) is 5.20. The molecule has 5 nitrogen and oxygen atoms in total. The molecule has 2 unspecified atom stereocenters. The zero-order chi connectivity index (χ0) is 15.2. The zero-order valence-corrected chi connectivity index (χ0v) is 12.3. The molecule has 5 heteroatoms. The minimum absolute atomic E-state index is 0.0879. The first-order valence-corrected chi connectivity index (χ1v) is 7.48. The zero-order valence-electron chi connectivity index (χ0n) is 12.3. The molecule has 1 heterocycles. The largest absolute Gasteiger partial charge is 0.480 e. The molecule has 1 aliphatic heterocycles. The molecule has 0 aromatic heterocycles. The summed E-state index contributed by atoms with van der Waals surface area (Å²) in [5.41, 5.74) is 1.04. The minimum Gasteiger partial charge on any atom is -0.480 e. The SMILES string of the molecule is CCC(NC(=O)N1CCCCC1C(=O)O)c1ccccc1. The molecule has 2 atom stereocenters. The number of amides is 2. The number of carboxylic acid groups (broad SMARTS) is 1. The lowest BCUT2D eigenvalue weighted by Gasteiger charge is -2.34. The van der Waals surface area contributed by atoms with Crippen LogP contribution in [0.25, 0.3) is 0 Å². The van der Waals surface area contributed by atoms with Gasteiger partial charge in [-0.25, -0.2) is 9.59 Å². The Labute approximate surface area is 125 Å². The molecule has 1 saturated heterocycles. The van der Waals surface area contributed by atoms with E-state index in [4.69, 9.17) is 0 Å². The number of rotatable bonds is 4. The summed E-state index contributed by atoms with van der Waals surface area (Å²) in [7, 11) is 0. The van der Waals surface area contributed by atoms with Crippen molar-refractivity contribution in [1.29, 1.82) is 0 Å². The fraction of sp³-hybridized carbons (Fsp3) is 0.500. The summed E-state index contributed by atoms with van der Waals surface area (Å²) < 4.78 is 0. The van der Waals surface area contributed by atoms with Crippen LogP contribution in [0.1, 0.15) is 44.2 Å². The van der Waals surface area contributed by atoms with E-state index in [1.807, 2.05) is 37.3 Å². The van der Waals surface area contributed by atoms with Gasteiger partial charge in [0.2, 0.25) is 0 Å². The van der Waals surface area contributed by atoms with Gasteiger partial charge in [-0.3, -0.25) is 0 Å². The van der Waals surface area contributed by atoms with Crippen LogP contribution in [0.15, 0.2) is 30.3 Å². The van der Waals surface area contributed by atoms with Crippen LogP contribution in [-0.2, 0) is 4.79 Å². The number of urea groups is 1. The third-order valence-electron chi connectivity index (χ3n) is 3.96. The van der Waals surface area contributed by atoms with Gasteiger partial charge in [-0.15, -0.1) is 0 Å². The maximum Gasteiger partial charge on any atom is 0.326 e. The van der Waals surface area contributed by atoms with Crippen molar-refractivity contribution in [3.05, 3.63) is 35.9 Å². The van der Waals surface area contributed by atoms with E-state index in [9.17, 15) is 14.7 Å². The first-order chi connectivity index (χ1) is 10.1. The number of hydrogen-bond donors (Lipinski definition) is 2. The van der Waals surface area contributed by atoms with Crippen molar-refractivity contribution < 1.29 is 14.7 Å². The van der Waals surface area contributed by atoms with Crippen LogP contribution in [-0.4, -0.2) is 34.6 Å². The van der Waals surface area contributed by atoms with Gasteiger partial charge >= 0.3 is 12.0 Å². The highest BCUT2D eigenvalue weighted by atomic mass is 16.4. The predicted octanol–water partition coefficient (Wildman–Crippen LogP) is 2.79. The standard InChI is InChI=1S/C16H22N2O3/c1-2-13(12-8-4-3-5-9-12)17-16(21)18-11-7-6-10-14(18)15(19)20/h3-5,8-9,13-14H,2,6-7,10-11H2,1H3,(H,17,21)(H,19,20). The Morgan fingerprint density at radius 3 is 2.67 bits per heavy atom. The van der Waals surface area contributed by atoms with E-state index >= 15 is 0 Å². The summed E-state index contributed by atoms with van der Waals surface area (Å²) in [5, 5.41) is 12.2. The number of nitrogens with zero attached hydrogens (tertiary/aromatic N) is 1.